The van der Waals surface area contributed by atoms with E-state index < -0.39 is 0 Å². The number of nitrogens with zero attached hydrogens (tertiary/aromatic N) is 1. The van der Waals surface area contributed by atoms with Gasteiger partial charge >= 0.3 is 5.97 Å². The lowest BCUT2D eigenvalue weighted by molar-refractivity contribution is -0.139. The van der Waals surface area contributed by atoms with E-state index in [-0.39, 0.29) is 30.6 Å². The Kier molecular flexibility index (Phi) is 5.37. The molecule has 0 fully saturated rings. The highest BCUT2D eigenvalue weighted by atomic mass is 35.5. The molecule has 0 saturated heterocycles. The maximum atomic E-state index is 11.3. The molecule has 0 saturated carbocycles. The molecule has 0 unspecified atom stereocenters. The molecule has 0 aromatic carbocycles. The quantitative estimate of drug-likeness (QED) is 0.657. The number of esters is 1. The minimum Gasteiger partial charge on any atom is -0.469 e. The Labute approximate surface area is 108 Å². The predicted octanol–water partition coefficient (Wildman–Crippen LogP) is 1.73. The third-order valence-corrected chi connectivity index (χ3v) is 3.25. The first-order valence-corrected chi connectivity index (χ1v) is 6.31. The fraction of sp³-hybridized carbons (Fsp3) is 0.500. The number of nitrogens with one attached hydrogen (secondary N) is 1. The number of ether oxygens (including phenoxy) is 1. The minimum atomic E-state index is -0.324. The molecular formula is C10H13ClN2O3S. The van der Waals surface area contributed by atoms with E-state index >= 15 is 0 Å². The molecular weight excluding hydrogens is 264 g/mol. The lowest BCUT2D eigenvalue weighted by Gasteiger charge is -1.97. The lowest BCUT2D eigenvalue weighted by Crippen LogP contribution is -2.11. The van der Waals surface area contributed by atoms with Gasteiger partial charge in [-0.3, -0.25) is 9.59 Å². The largest absolute Gasteiger partial charge is 0.469 e. The fourth-order valence-electron chi connectivity index (χ4n) is 1.12. The van der Waals surface area contributed by atoms with Gasteiger partial charge in [0.05, 0.1) is 19.2 Å². The molecule has 5 nitrogen and oxygen atoms in total. The number of carbonyl (C=O) groups is 2. The van der Waals surface area contributed by atoms with E-state index in [0.29, 0.717) is 5.13 Å². The van der Waals surface area contributed by atoms with Crippen molar-refractivity contribution in [1.29, 1.82) is 0 Å². The molecule has 0 bridgehead atoms. The number of aryl methyl sites for hydroxylation is 1. The van der Waals surface area contributed by atoms with Crippen LogP contribution in [0.1, 0.15) is 17.0 Å². The number of anilines is 1. The normalized spacial score (nSPS) is 10.1. The zero-order valence-electron chi connectivity index (χ0n) is 9.58. The average Bonchev–Trinajstić information content (AvgIpc) is 2.59. The molecule has 17 heavy (non-hydrogen) atoms. The highest BCUT2D eigenvalue weighted by Crippen LogP contribution is 2.23. The molecule has 0 aliphatic heterocycles. The summed E-state index contributed by atoms with van der Waals surface area (Å²) >= 11 is 6.72. The van der Waals surface area contributed by atoms with Crippen molar-refractivity contribution in [3.63, 3.8) is 0 Å². The van der Waals surface area contributed by atoms with Gasteiger partial charge in [-0.05, 0) is 6.92 Å². The molecule has 0 radical (unpaired) electrons. The maximum absolute atomic E-state index is 11.3. The maximum Gasteiger partial charge on any atom is 0.310 e. The van der Waals surface area contributed by atoms with Crippen LogP contribution in [0.5, 0.6) is 0 Å². The Hall–Kier alpha value is -1.14. The number of halogens is 1. The number of methoxy groups -OCH3 is 1. The van der Waals surface area contributed by atoms with Gasteiger partial charge in [-0.15, -0.1) is 22.9 Å². The van der Waals surface area contributed by atoms with Crippen LogP contribution in [-0.2, 0) is 20.7 Å². The molecule has 0 aliphatic carbocycles. The van der Waals surface area contributed by atoms with Gasteiger partial charge in [0.25, 0.3) is 0 Å². The number of amides is 1. The van der Waals surface area contributed by atoms with Gasteiger partial charge in [-0.2, -0.15) is 0 Å². The van der Waals surface area contributed by atoms with Crippen LogP contribution >= 0.6 is 22.9 Å². The molecule has 1 amide bonds. The Morgan fingerprint density at radius 3 is 2.82 bits per heavy atom. The second kappa shape index (κ2) is 6.56. The van der Waals surface area contributed by atoms with E-state index in [9.17, 15) is 9.59 Å². The van der Waals surface area contributed by atoms with E-state index in [2.05, 4.69) is 15.0 Å². The van der Waals surface area contributed by atoms with Crippen molar-refractivity contribution in [2.45, 2.75) is 19.8 Å². The molecule has 0 spiro atoms. The van der Waals surface area contributed by atoms with Crippen LogP contribution in [0, 0.1) is 6.92 Å². The Morgan fingerprint density at radius 1 is 1.53 bits per heavy atom. The van der Waals surface area contributed by atoms with E-state index in [4.69, 9.17) is 11.6 Å². The molecule has 0 aliphatic rings. The summed E-state index contributed by atoms with van der Waals surface area (Å²) in [6.45, 7) is 1.78. The summed E-state index contributed by atoms with van der Waals surface area (Å²) in [5.74, 6) is -0.237. The smallest absolute Gasteiger partial charge is 0.310 e. The van der Waals surface area contributed by atoms with Crippen molar-refractivity contribution in [2.24, 2.45) is 0 Å². The Balaban J connectivity index is 2.67. The van der Waals surface area contributed by atoms with Crippen LogP contribution in [0.4, 0.5) is 5.13 Å². The molecule has 1 N–H and O–H groups in total. The topological polar surface area (TPSA) is 68.3 Å². The van der Waals surface area contributed by atoms with Crippen molar-refractivity contribution in [3.05, 3.63) is 10.6 Å². The summed E-state index contributed by atoms with van der Waals surface area (Å²) < 4.78 is 4.57. The first-order valence-electron chi connectivity index (χ1n) is 4.95. The second-order valence-electron chi connectivity index (χ2n) is 3.27. The number of alkyl halides is 1. The number of thiazole rings is 1. The number of rotatable bonds is 5. The van der Waals surface area contributed by atoms with Crippen LogP contribution in [0.25, 0.3) is 0 Å². The summed E-state index contributed by atoms with van der Waals surface area (Å²) in [6, 6.07) is 0. The highest BCUT2D eigenvalue weighted by Gasteiger charge is 2.13. The summed E-state index contributed by atoms with van der Waals surface area (Å²) in [7, 11) is 1.34. The van der Waals surface area contributed by atoms with Crippen molar-refractivity contribution >= 4 is 39.9 Å². The van der Waals surface area contributed by atoms with E-state index in [1.54, 1.807) is 6.92 Å². The van der Waals surface area contributed by atoms with Crippen molar-refractivity contribution < 1.29 is 14.3 Å². The highest BCUT2D eigenvalue weighted by molar-refractivity contribution is 7.16. The van der Waals surface area contributed by atoms with Gasteiger partial charge in [-0.25, -0.2) is 4.98 Å². The van der Waals surface area contributed by atoms with Crippen molar-refractivity contribution in [1.82, 2.24) is 4.98 Å². The minimum absolute atomic E-state index is 0.172. The van der Waals surface area contributed by atoms with E-state index in [1.807, 2.05) is 0 Å². The van der Waals surface area contributed by atoms with E-state index in [1.165, 1.54) is 18.4 Å². The van der Waals surface area contributed by atoms with Crippen LogP contribution in [0.2, 0.25) is 0 Å². The number of hydrogen-bond donors (Lipinski definition) is 1. The number of aromatic nitrogens is 1. The zero-order chi connectivity index (χ0) is 12.8. The summed E-state index contributed by atoms with van der Waals surface area (Å²) in [6.07, 6.45) is 0.415. The first kappa shape index (κ1) is 13.9. The summed E-state index contributed by atoms with van der Waals surface area (Å²) in [4.78, 5) is 27.4. The standard InChI is InChI=1S/C10H13ClN2O3S/c1-6-7(5-9(15)16-2)17-10(12-6)13-8(14)3-4-11/h3-5H2,1-2H3,(H,12,13,14). The molecule has 1 heterocycles. The van der Waals surface area contributed by atoms with Crippen LogP contribution in [0.3, 0.4) is 0 Å². The van der Waals surface area contributed by atoms with Gasteiger partial charge in [0.2, 0.25) is 5.91 Å². The Bertz CT molecular complexity index is 420. The van der Waals surface area contributed by atoms with E-state index in [0.717, 1.165) is 10.6 Å². The Morgan fingerprint density at radius 2 is 2.24 bits per heavy atom. The summed E-state index contributed by atoms with van der Waals surface area (Å²) in [5.41, 5.74) is 0.724. The number of carbonyl (C=O) groups excluding carboxylic acids is 2. The van der Waals surface area contributed by atoms with Crippen LogP contribution in [0.15, 0.2) is 0 Å². The third-order valence-electron chi connectivity index (χ3n) is 1.99. The fourth-order valence-corrected chi connectivity index (χ4v) is 2.25. The van der Waals surface area contributed by atoms with Gasteiger partial charge in [-0.1, -0.05) is 0 Å². The SMILES string of the molecule is COC(=O)Cc1sc(NC(=O)CCCl)nc1C. The number of hydrogen-bond acceptors (Lipinski definition) is 5. The van der Waals surface area contributed by atoms with Crippen molar-refractivity contribution in [3.8, 4) is 0 Å². The van der Waals surface area contributed by atoms with Gasteiger partial charge in [0.15, 0.2) is 5.13 Å². The monoisotopic (exact) mass is 276 g/mol. The molecule has 1 aromatic heterocycles. The zero-order valence-corrected chi connectivity index (χ0v) is 11.2. The van der Waals surface area contributed by atoms with Crippen LogP contribution < -0.4 is 5.32 Å². The molecule has 94 valence electrons. The molecule has 1 aromatic rings. The average molecular weight is 277 g/mol. The summed E-state index contributed by atoms with van der Waals surface area (Å²) in [5, 5.41) is 3.11. The third kappa shape index (κ3) is 4.32. The first-order chi connectivity index (χ1) is 8.06. The van der Waals surface area contributed by atoms with Crippen molar-refractivity contribution in [2.75, 3.05) is 18.3 Å². The second-order valence-corrected chi connectivity index (χ2v) is 4.73. The molecule has 0 atom stereocenters. The van der Waals surface area contributed by atoms with Gasteiger partial charge in [0, 0.05) is 17.2 Å². The molecule has 1 rings (SSSR count). The molecule has 7 heteroatoms. The predicted molar refractivity (Wildman–Crippen MR) is 66.5 cm³/mol. The van der Waals surface area contributed by atoms with Gasteiger partial charge in [0.1, 0.15) is 0 Å². The van der Waals surface area contributed by atoms with Gasteiger partial charge < -0.3 is 10.1 Å². The van der Waals surface area contributed by atoms with Crippen LogP contribution in [-0.4, -0.2) is 29.9 Å². The lowest BCUT2D eigenvalue weighted by atomic mass is 10.3.